The molecule has 0 fully saturated rings. The molecule has 0 unspecified atom stereocenters. The van der Waals surface area contributed by atoms with Gasteiger partial charge in [0.2, 0.25) is 0 Å². The molecule has 88 valence electrons. The monoisotopic (exact) mass is 220 g/mol. The lowest BCUT2D eigenvalue weighted by molar-refractivity contribution is 0.414. The first-order valence-corrected chi connectivity index (χ1v) is 5.60. The Morgan fingerprint density at radius 2 is 2.12 bits per heavy atom. The van der Waals surface area contributed by atoms with Gasteiger partial charge >= 0.3 is 0 Å². The third-order valence-corrected chi connectivity index (χ3v) is 2.16. The number of nitrogens with zero attached hydrogens (tertiary/aromatic N) is 1. The number of methoxy groups -OCH3 is 1. The Balaban J connectivity index is 2.43. The highest BCUT2D eigenvalue weighted by molar-refractivity contribution is 5.83. The summed E-state index contributed by atoms with van der Waals surface area (Å²) in [6.45, 7) is 5.95. The largest absolute Gasteiger partial charge is 0.496 e. The lowest BCUT2D eigenvalue weighted by atomic mass is 10.2. The molecule has 1 aromatic carbocycles. The van der Waals surface area contributed by atoms with Gasteiger partial charge in [-0.1, -0.05) is 26.0 Å². The number of para-hydroxylation sites is 1. The summed E-state index contributed by atoms with van der Waals surface area (Å²) >= 11 is 0. The molecule has 0 radical (unpaired) electrons. The number of hydrogen-bond donors (Lipinski definition) is 1. The van der Waals surface area contributed by atoms with Crippen LogP contribution in [0.2, 0.25) is 0 Å². The van der Waals surface area contributed by atoms with E-state index in [0.29, 0.717) is 6.04 Å². The molecular formula is C13H20N2O. The van der Waals surface area contributed by atoms with Crippen LogP contribution < -0.4 is 10.1 Å². The average molecular weight is 220 g/mol. The van der Waals surface area contributed by atoms with E-state index in [4.69, 9.17) is 4.74 Å². The SMILES string of the molecule is COc1ccccc1C=NCCNC(C)C. The van der Waals surface area contributed by atoms with Crippen LogP contribution in [-0.4, -0.2) is 32.5 Å². The molecule has 1 N–H and O–H groups in total. The van der Waals surface area contributed by atoms with Crippen molar-refractivity contribution in [2.45, 2.75) is 19.9 Å². The van der Waals surface area contributed by atoms with Crippen molar-refractivity contribution in [1.82, 2.24) is 5.32 Å². The Kier molecular flexibility index (Phi) is 5.57. The van der Waals surface area contributed by atoms with E-state index >= 15 is 0 Å². The molecule has 0 aliphatic heterocycles. The van der Waals surface area contributed by atoms with Crippen LogP contribution in [0.5, 0.6) is 5.75 Å². The maximum absolute atomic E-state index is 5.23. The first-order chi connectivity index (χ1) is 7.74. The van der Waals surface area contributed by atoms with Crippen LogP contribution in [0.3, 0.4) is 0 Å². The molecule has 3 nitrogen and oxygen atoms in total. The predicted molar refractivity (Wildman–Crippen MR) is 68.6 cm³/mol. The normalized spacial score (nSPS) is 11.2. The summed E-state index contributed by atoms with van der Waals surface area (Å²) < 4.78 is 5.23. The van der Waals surface area contributed by atoms with E-state index in [-0.39, 0.29) is 0 Å². The summed E-state index contributed by atoms with van der Waals surface area (Å²) in [5.41, 5.74) is 1.02. The Hall–Kier alpha value is -1.35. The number of nitrogens with one attached hydrogen (secondary N) is 1. The van der Waals surface area contributed by atoms with Crippen molar-refractivity contribution < 1.29 is 4.74 Å². The van der Waals surface area contributed by atoms with E-state index in [0.717, 1.165) is 24.4 Å². The van der Waals surface area contributed by atoms with Crippen LogP contribution in [0.15, 0.2) is 29.3 Å². The molecule has 16 heavy (non-hydrogen) atoms. The van der Waals surface area contributed by atoms with E-state index in [1.165, 1.54) is 0 Å². The fourth-order valence-electron chi connectivity index (χ4n) is 1.35. The van der Waals surface area contributed by atoms with Gasteiger partial charge in [-0.25, -0.2) is 0 Å². The van der Waals surface area contributed by atoms with E-state index in [1.807, 2.05) is 30.5 Å². The van der Waals surface area contributed by atoms with Crippen molar-refractivity contribution in [2.24, 2.45) is 4.99 Å². The van der Waals surface area contributed by atoms with E-state index in [9.17, 15) is 0 Å². The minimum absolute atomic E-state index is 0.515. The third kappa shape index (κ3) is 4.45. The zero-order valence-electron chi connectivity index (χ0n) is 10.2. The van der Waals surface area contributed by atoms with Crippen molar-refractivity contribution in [3.8, 4) is 5.75 Å². The molecule has 0 atom stereocenters. The molecule has 0 heterocycles. The van der Waals surface area contributed by atoms with Crippen LogP contribution in [0, 0.1) is 0 Å². The lowest BCUT2D eigenvalue weighted by Gasteiger charge is -2.05. The summed E-state index contributed by atoms with van der Waals surface area (Å²) in [5.74, 6) is 0.864. The molecular weight excluding hydrogens is 200 g/mol. The molecule has 0 spiro atoms. The van der Waals surface area contributed by atoms with Gasteiger partial charge in [-0.3, -0.25) is 4.99 Å². The van der Waals surface area contributed by atoms with Gasteiger partial charge in [0.1, 0.15) is 5.75 Å². The Morgan fingerprint density at radius 3 is 2.81 bits per heavy atom. The van der Waals surface area contributed by atoms with Crippen LogP contribution in [0.1, 0.15) is 19.4 Å². The fraction of sp³-hybridized carbons (Fsp3) is 0.462. The van der Waals surface area contributed by atoms with Crippen LogP contribution in [-0.2, 0) is 0 Å². The van der Waals surface area contributed by atoms with Crippen molar-refractivity contribution in [3.63, 3.8) is 0 Å². The van der Waals surface area contributed by atoms with Crippen LogP contribution >= 0.6 is 0 Å². The minimum atomic E-state index is 0.515. The van der Waals surface area contributed by atoms with Gasteiger partial charge in [0.05, 0.1) is 13.7 Å². The summed E-state index contributed by atoms with van der Waals surface area (Å²) in [5, 5.41) is 3.32. The molecule has 1 rings (SSSR count). The van der Waals surface area contributed by atoms with Gasteiger partial charge in [-0.05, 0) is 12.1 Å². The van der Waals surface area contributed by atoms with Gasteiger partial charge in [0.25, 0.3) is 0 Å². The second kappa shape index (κ2) is 7.01. The molecule has 0 aliphatic carbocycles. The Bertz CT molecular complexity index is 334. The van der Waals surface area contributed by atoms with Crippen molar-refractivity contribution in [2.75, 3.05) is 20.2 Å². The fourth-order valence-corrected chi connectivity index (χ4v) is 1.35. The number of rotatable bonds is 6. The van der Waals surface area contributed by atoms with Crippen molar-refractivity contribution >= 4 is 6.21 Å². The number of aliphatic imine (C=N–C) groups is 1. The molecule has 0 amide bonds. The van der Waals surface area contributed by atoms with Gasteiger partial charge in [0.15, 0.2) is 0 Å². The van der Waals surface area contributed by atoms with Crippen molar-refractivity contribution in [1.29, 1.82) is 0 Å². The van der Waals surface area contributed by atoms with Crippen LogP contribution in [0.25, 0.3) is 0 Å². The maximum atomic E-state index is 5.23. The topological polar surface area (TPSA) is 33.6 Å². The minimum Gasteiger partial charge on any atom is -0.496 e. The Labute approximate surface area is 97.5 Å². The van der Waals surface area contributed by atoms with Gasteiger partial charge in [-0.15, -0.1) is 0 Å². The van der Waals surface area contributed by atoms with E-state index in [1.54, 1.807) is 7.11 Å². The van der Waals surface area contributed by atoms with Crippen LogP contribution in [0.4, 0.5) is 0 Å². The predicted octanol–water partition coefficient (Wildman–Crippen LogP) is 2.11. The molecule has 1 aromatic rings. The number of benzene rings is 1. The second-order valence-electron chi connectivity index (χ2n) is 3.89. The van der Waals surface area contributed by atoms with Gasteiger partial charge in [-0.2, -0.15) is 0 Å². The smallest absolute Gasteiger partial charge is 0.127 e. The molecule has 0 aromatic heterocycles. The number of ether oxygens (including phenoxy) is 1. The summed E-state index contributed by atoms with van der Waals surface area (Å²) in [6, 6.07) is 8.39. The summed E-state index contributed by atoms with van der Waals surface area (Å²) in [6.07, 6.45) is 1.86. The molecule has 3 heteroatoms. The highest BCUT2D eigenvalue weighted by atomic mass is 16.5. The molecule has 0 aliphatic rings. The first-order valence-electron chi connectivity index (χ1n) is 5.60. The summed E-state index contributed by atoms with van der Waals surface area (Å²) in [4.78, 5) is 4.35. The quantitative estimate of drug-likeness (QED) is 0.588. The van der Waals surface area contributed by atoms with E-state index < -0.39 is 0 Å². The zero-order chi connectivity index (χ0) is 11.8. The standard InChI is InChI=1S/C13H20N2O/c1-11(2)15-9-8-14-10-12-6-4-5-7-13(12)16-3/h4-7,10-11,15H,8-9H2,1-3H3. The summed E-state index contributed by atoms with van der Waals surface area (Å²) in [7, 11) is 1.67. The molecule has 0 saturated carbocycles. The molecule has 0 saturated heterocycles. The van der Waals surface area contributed by atoms with Crippen molar-refractivity contribution in [3.05, 3.63) is 29.8 Å². The highest BCUT2D eigenvalue weighted by Crippen LogP contribution is 2.14. The van der Waals surface area contributed by atoms with Gasteiger partial charge < -0.3 is 10.1 Å². The Morgan fingerprint density at radius 1 is 1.38 bits per heavy atom. The first kappa shape index (κ1) is 12.7. The second-order valence-corrected chi connectivity index (χ2v) is 3.89. The lowest BCUT2D eigenvalue weighted by Crippen LogP contribution is -2.25. The average Bonchev–Trinajstić information content (AvgIpc) is 2.29. The highest BCUT2D eigenvalue weighted by Gasteiger charge is 1.96. The zero-order valence-corrected chi connectivity index (χ0v) is 10.2. The number of hydrogen-bond acceptors (Lipinski definition) is 3. The van der Waals surface area contributed by atoms with Gasteiger partial charge in [0, 0.05) is 24.4 Å². The van der Waals surface area contributed by atoms with E-state index in [2.05, 4.69) is 24.2 Å². The third-order valence-electron chi connectivity index (χ3n) is 2.16. The molecule has 0 bridgehead atoms. The maximum Gasteiger partial charge on any atom is 0.127 e.